The van der Waals surface area contributed by atoms with Crippen LogP contribution in [0, 0.1) is 0 Å². The number of rotatable bonds is 3. The van der Waals surface area contributed by atoms with Crippen LogP contribution < -0.4 is 5.73 Å². The number of thiazole rings is 1. The fourth-order valence-electron chi connectivity index (χ4n) is 1.77. The standard InChI is InChI=1S/C13H20N4S/c1-5-6-17-8-15-7-9(17)10-11(14)18-12(16-10)13(2,3)4/h7-8H,5-6,14H2,1-4H3. The molecule has 0 amide bonds. The highest BCUT2D eigenvalue weighted by Gasteiger charge is 2.22. The molecule has 2 rings (SSSR count). The maximum Gasteiger partial charge on any atom is 0.123 e. The number of aryl methyl sites for hydroxylation is 1. The Morgan fingerprint density at radius 2 is 2.11 bits per heavy atom. The summed E-state index contributed by atoms with van der Waals surface area (Å²) in [4.78, 5) is 8.90. The van der Waals surface area contributed by atoms with Gasteiger partial charge in [-0.3, -0.25) is 0 Å². The number of nitrogens with two attached hydrogens (primary N) is 1. The Morgan fingerprint density at radius 3 is 2.67 bits per heavy atom. The topological polar surface area (TPSA) is 56.7 Å². The summed E-state index contributed by atoms with van der Waals surface area (Å²) >= 11 is 1.57. The minimum Gasteiger partial charge on any atom is -0.389 e. The van der Waals surface area contributed by atoms with Gasteiger partial charge in [0.05, 0.1) is 18.2 Å². The Bertz CT molecular complexity index is 533. The average molecular weight is 264 g/mol. The van der Waals surface area contributed by atoms with E-state index in [4.69, 9.17) is 10.7 Å². The van der Waals surface area contributed by atoms with Gasteiger partial charge in [-0.1, -0.05) is 27.7 Å². The fourth-order valence-corrected chi connectivity index (χ4v) is 2.67. The summed E-state index contributed by atoms with van der Waals surface area (Å²) in [7, 11) is 0. The number of hydrogen-bond donors (Lipinski definition) is 1. The first kappa shape index (κ1) is 13.1. The second-order valence-corrected chi connectivity index (χ2v) is 6.48. The third-order valence-corrected chi connectivity index (χ3v) is 4.02. The van der Waals surface area contributed by atoms with E-state index >= 15 is 0 Å². The molecule has 0 spiro atoms. The minimum absolute atomic E-state index is 0.0344. The van der Waals surface area contributed by atoms with Crippen LogP contribution in [0.3, 0.4) is 0 Å². The summed E-state index contributed by atoms with van der Waals surface area (Å²) in [5.74, 6) is 0. The molecule has 0 unspecified atom stereocenters. The largest absolute Gasteiger partial charge is 0.389 e. The van der Waals surface area contributed by atoms with Crippen molar-refractivity contribution in [3.63, 3.8) is 0 Å². The highest BCUT2D eigenvalue weighted by Crippen LogP contribution is 2.36. The molecule has 0 aromatic carbocycles. The number of anilines is 1. The van der Waals surface area contributed by atoms with E-state index in [9.17, 15) is 0 Å². The Labute approximate surface area is 112 Å². The summed E-state index contributed by atoms with van der Waals surface area (Å²) in [5.41, 5.74) is 8.03. The number of imidazole rings is 1. The lowest BCUT2D eigenvalue weighted by molar-refractivity contribution is 0.585. The first-order valence-electron chi connectivity index (χ1n) is 6.20. The molecule has 4 nitrogen and oxygen atoms in total. The summed E-state index contributed by atoms with van der Waals surface area (Å²) < 4.78 is 2.11. The first-order chi connectivity index (χ1) is 8.43. The van der Waals surface area contributed by atoms with Crippen molar-refractivity contribution in [2.45, 2.75) is 46.1 Å². The second-order valence-electron chi connectivity index (χ2n) is 5.45. The third kappa shape index (κ3) is 2.41. The van der Waals surface area contributed by atoms with Crippen LogP contribution >= 0.6 is 11.3 Å². The molecular formula is C13H20N4S. The molecule has 0 aliphatic rings. The maximum absolute atomic E-state index is 6.11. The van der Waals surface area contributed by atoms with Gasteiger partial charge in [0.2, 0.25) is 0 Å². The molecule has 2 aromatic rings. The van der Waals surface area contributed by atoms with E-state index in [0.717, 1.165) is 34.4 Å². The van der Waals surface area contributed by atoms with Crippen LogP contribution in [0.25, 0.3) is 11.4 Å². The Kier molecular flexibility index (Phi) is 3.43. The van der Waals surface area contributed by atoms with Crippen molar-refractivity contribution >= 4 is 16.3 Å². The predicted molar refractivity (Wildman–Crippen MR) is 76.7 cm³/mol. The average Bonchev–Trinajstić information content (AvgIpc) is 2.84. The molecule has 0 fully saturated rings. The molecular weight excluding hydrogens is 244 g/mol. The van der Waals surface area contributed by atoms with Gasteiger partial charge in [-0.2, -0.15) is 0 Å². The Hall–Kier alpha value is -1.36. The lowest BCUT2D eigenvalue weighted by atomic mass is 9.98. The number of hydrogen-bond acceptors (Lipinski definition) is 4. The van der Waals surface area contributed by atoms with Crippen LogP contribution in [0.2, 0.25) is 0 Å². The van der Waals surface area contributed by atoms with Crippen molar-refractivity contribution < 1.29 is 0 Å². The van der Waals surface area contributed by atoms with E-state index in [0.29, 0.717) is 0 Å². The molecule has 0 aliphatic carbocycles. The minimum atomic E-state index is 0.0344. The number of aromatic nitrogens is 3. The van der Waals surface area contributed by atoms with Crippen molar-refractivity contribution in [1.29, 1.82) is 0 Å². The van der Waals surface area contributed by atoms with E-state index < -0.39 is 0 Å². The molecule has 18 heavy (non-hydrogen) atoms. The van der Waals surface area contributed by atoms with Crippen LogP contribution in [0.1, 0.15) is 39.1 Å². The first-order valence-corrected chi connectivity index (χ1v) is 7.02. The lowest BCUT2D eigenvalue weighted by Crippen LogP contribution is -2.10. The third-order valence-electron chi connectivity index (χ3n) is 2.71. The van der Waals surface area contributed by atoms with Gasteiger partial charge in [-0.15, -0.1) is 11.3 Å². The van der Waals surface area contributed by atoms with Gasteiger partial charge >= 0.3 is 0 Å². The molecule has 2 heterocycles. The maximum atomic E-state index is 6.11. The van der Waals surface area contributed by atoms with Crippen LogP contribution in [0.15, 0.2) is 12.5 Å². The number of nitrogens with zero attached hydrogens (tertiary/aromatic N) is 3. The molecule has 5 heteroatoms. The smallest absolute Gasteiger partial charge is 0.123 e. The highest BCUT2D eigenvalue weighted by molar-refractivity contribution is 7.16. The van der Waals surface area contributed by atoms with E-state index in [1.165, 1.54) is 0 Å². The van der Waals surface area contributed by atoms with Gasteiger partial charge in [-0.25, -0.2) is 9.97 Å². The van der Waals surface area contributed by atoms with Crippen molar-refractivity contribution in [3.8, 4) is 11.4 Å². The zero-order chi connectivity index (χ0) is 13.3. The zero-order valence-corrected chi connectivity index (χ0v) is 12.2. The van der Waals surface area contributed by atoms with E-state index in [2.05, 4.69) is 37.2 Å². The SMILES string of the molecule is CCCn1cncc1-c1nc(C(C)(C)C)sc1N. The summed E-state index contributed by atoms with van der Waals surface area (Å²) in [6.07, 6.45) is 4.75. The summed E-state index contributed by atoms with van der Waals surface area (Å²) in [5, 5.41) is 1.84. The van der Waals surface area contributed by atoms with Crippen LogP contribution in [0.5, 0.6) is 0 Å². The number of nitrogen functional groups attached to an aromatic ring is 1. The van der Waals surface area contributed by atoms with E-state index in [-0.39, 0.29) is 5.41 Å². The summed E-state index contributed by atoms with van der Waals surface area (Å²) in [6.45, 7) is 9.54. The van der Waals surface area contributed by atoms with E-state index in [1.54, 1.807) is 11.3 Å². The van der Waals surface area contributed by atoms with Crippen LogP contribution in [-0.4, -0.2) is 14.5 Å². The Morgan fingerprint density at radius 1 is 1.39 bits per heavy atom. The Balaban J connectivity index is 2.45. The monoisotopic (exact) mass is 264 g/mol. The van der Waals surface area contributed by atoms with Crippen molar-refractivity contribution in [3.05, 3.63) is 17.5 Å². The van der Waals surface area contributed by atoms with Crippen molar-refractivity contribution in [2.24, 2.45) is 0 Å². The van der Waals surface area contributed by atoms with Crippen LogP contribution in [0.4, 0.5) is 5.00 Å². The van der Waals surface area contributed by atoms with Crippen LogP contribution in [-0.2, 0) is 12.0 Å². The molecule has 0 radical (unpaired) electrons. The molecule has 0 saturated heterocycles. The quantitative estimate of drug-likeness (QED) is 0.925. The molecule has 2 aromatic heterocycles. The highest BCUT2D eigenvalue weighted by atomic mass is 32.1. The molecule has 0 aliphatic heterocycles. The molecule has 2 N–H and O–H groups in total. The van der Waals surface area contributed by atoms with E-state index in [1.807, 2.05) is 12.5 Å². The zero-order valence-electron chi connectivity index (χ0n) is 11.4. The van der Waals surface area contributed by atoms with Crippen molar-refractivity contribution in [1.82, 2.24) is 14.5 Å². The summed E-state index contributed by atoms with van der Waals surface area (Å²) in [6, 6.07) is 0. The van der Waals surface area contributed by atoms with Gasteiger partial charge in [0.1, 0.15) is 15.7 Å². The predicted octanol–water partition coefficient (Wildman–Crippen LogP) is 3.30. The fraction of sp³-hybridized carbons (Fsp3) is 0.538. The molecule has 0 bridgehead atoms. The normalized spacial score (nSPS) is 12.0. The lowest BCUT2D eigenvalue weighted by Gasteiger charge is -2.13. The van der Waals surface area contributed by atoms with Gasteiger partial charge in [0, 0.05) is 12.0 Å². The van der Waals surface area contributed by atoms with Gasteiger partial charge in [0.25, 0.3) is 0 Å². The molecule has 98 valence electrons. The van der Waals surface area contributed by atoms with Gasteiger partial charge < -0.3 is 10.3 Å². The molecule has 0 atom stereocenters. The van der Waals surface area contributed by atoms with Gasteiger partial charge in [0.15, 0.2) is 0 Å². The van der Waals surface area contributed by atoms with Crippen molar-refractivity contribution in [2.75, 3.05) is 5.73 Å². The second kappa shape index (κ2) is 4.72. The van der Waals surface area contributed by atoms with Gasteiger partial charge in [-0.05, 0) is 6.42 Å². The molecule has 0 saturated carbocycles.